The Balaban J connectivity index is 1.75. The molecule has 0 saturated heterocycles. The molecule has 0 atom stereocenters. The molecule has 100 valence electrons. The smallest absolute Gasteiger partial charge is 0.251 e. The second kappa shape index (κ2) is 5.43. The van der Waals surface area contributed by atoms with Gasteiger partial charge in [-0.15, -0.1) is 0 Å². The first-order chi connectivity index (χ1) is 9.61. The van der Waals surface area contributed by atoms with E-state index >= 15 is 0 Å². The van der Waals surface area contributed by atoms with E-state index in [2.05, 4.69) is 27.3 Å². The largest absolute Gasteiger partial charge is 0.322 e. The Labute approximate surface area is 130 Å². The van der Waals surface area contributed by atoms with Crippen LogP contribution in [0.1, 0.15) is 11.1 Å². The highest BCUT2D eigenvalue weighted by Gasteiger charge is 2.18. The van der Waals surface area contributed by atoms with Crippen LogP contribution in [0.25, 0.3) is 6.08 Å². The van der Waals surface area contributed by atoms with Gasteiger partial charge in [-0.05, 0) is 53.6 Å². The molecule has 0 aromatic heterocycles. The van der Waals surface area contributed by atoms with Crippen molar-refractivity contribution < 1.29 is 4.79 Å². The van der Waals surface area contributed by atoms with Crippen molar-refractivity contribution in [1.29, 1.82) is 0 Å². The number of hydrogen-bond acceptors (Lipinski definition) is 1. The maximum Gasteiger partial charge on any atom is 0.251 e. The van der Waals surface area contributed by atoms with Gasteiger partial charge in [-0.2, -0.15) is 0 Å². The Kier molecular flexibility index (Phi) is 3.64. The summed E-state index contributed by atoms with van der Waals surface area (Å²) in [6.07, 6.45) is 2.60. The van der Waals surface area contributed by atoms with Crippen molar-refractivity contribution in [3.05, 3.63) is 68.7 Å². The fourth-order valence-electron chi connectivity index (χ4n) is 2.20. The number of rotatable bonds is 2. The lowest BCUT2D eigenvalue weighted by atomic mass is 10.1. The lowest BCUT2D eigenvalue weighted by Gasteiger charge is -2.05. The molecule has 0 fully saturated rings. The van der Waals surface area contributed by atoms with E-state index in [1.807, 2.05) is 18.2 Å². The van der Waals surface area contributed by atoms with Crippen molar-refractivity contribution >= 4 is 45.2 Å². The molecule has 0 heterocycles. The van der Waals surface area contributed by atoms with Crippen LogP contribution in [0.3, 0.4) is 0 Å². The van der Waals surface area contributed by atoms with Crippen molar-refractivity contribution in [2.45, 2.75) is 6.42 Å². The zero-order valence-corrected chi connectivity index (χ0v) is 12.8. The topological polar surface area (TPSA) is 29.1 Å². The molecule has 1 aliphatic rings. The number of nitrogens with one attached hydrogen (secondary N) is 1. The van der Waals surface area contributed by atoms with Crippen molar-refractivity contribution in [1.82, 2.24) is 0 Å². The molecule has 0 saturated carbocycles. The molecule has 3 rings (SSSR count). The molecule has 1 N–H and O–H groups in total. The lowest BCUT2D eigenvalue weighted by Crippen LogP contribution is -2.14. The number of amides is 1. The summed E-state index contributed by atoms with van der Waals surface area (Å²) in [5, 5.41) is 3.54. The van der Waals surface area contributed by atoms with E-state index in [9.17, 15) is 4.79 Å². The van der Waals surface area contributed by atoms with Gasteiger partial charge in [-0.1, -0.05) is 33.6 Å². The summed E-state index contributed by atoms with van der Waals surface area (Å²) in [6.45, 7) is 0. The third-order valence-corrected chi connectivity index (χ3v) is 3.95. The Morgan fingerprint density at radius 1 is 1.15 bits per heavy atom. The molecule has 1 amide bonds. The average Bonchev–Trinajstić information content (AvgIpc) is 2.84. The molecule has 4 heteroatoms. The van der Waals surface area contributed by atoms with Crippen LogP contribution in [0.15, 0.2) is 52.5 Å². The van der Waals surface area contributed by atoms with Crippen molar-refractivity contribution in [3.8, 4) is 0 Å². The van der Waals surface area contributed by atoms with Gasteiger partial charge >= 0.3 is 0 Å². The Bertz CT molecular complexity index is 707. The monoisotopic (exact) mass is 347 g/mol. The van der Waals surface area contributed by atoms with Gasteiger partial charge in [0.25, 0.3) is 5.91 Å². The number of hydrogen-bond donors (Lipinski definition) is 1. The SMILES string of the molecule is O=C(Nc1ccc(Cl)cc1)C1=Cc2ccc(Br)cc2C1. The van der Waals surface area contributed by atoms with Crippen LogP contribution in [0.2, 0.25) is 5.02 Å². The first-order valence-corrected chi connectivity index (χ1v) is 7.35. The van der Waals surface area contributed by atoms with Crippen LogP contribution in [0, 0.1) is 0 Å². The number of benzene rings is 2. The Morgan fingerprint density at radius 2 is 1.90 bits per heavy atom. The van der Waals surface area contributed by atoms with Crippen LogP contribution in [-0.4, -0.2) is 5.91 Å². The Morgan fingerprint density at radius 3 is 2.65 bits per heavy atom. The predicted octanol–water partition coefficient (Wildman–Crippen LogP) is 4.68. The third-order valence-electron chi connectivity index (χ3n) is 3.21. The summed E-state index contributed by atoms with van der Waals surface area (Å²) >= 11 is 9.27. The number of anilines is 1. The molecule has 0 aliphatic heterocycles. The van der Waals surface area contributed by atoms with Crippen LogP contribution in [-0.2, 0) is 11.2 Å². The molecular weight excluding hydrogens is 338 g/mol. The maximum absolute atomic E-state index is 12.2. The molecule has 2 aromatic rings. The molecule has 0 radical (unpaired) electrons. The zero-order chi connectivity index (χ0) is 14.1. The van der Waals surface area contributed by atoms with Crippen molar-refractivity contribution in [2.75, 3.05) is 5.32 Å². The highest BCUT2D eigenvalue weighted by Crippen LogP contribution is 2.28. The summed E-state index contributed by atoms with van der Waals surface area (Å²) in [6, 6.07) is 13.1. The fraction of sp³-hybridized carbons (Fsp3) is 0.0625. The summed E-state index contributed by atoms with van der Waals surface area (Å²) in [4.78, 5) is 12.2. The van der Waals surface area contributed by atoms with Gasteiger partial charge < -0.3 is 5.32 Å². The van der Waals surface area contributed by atoms with Gasteiger partial charge in [0, 0.05) is 27.2 Å². The maximum atomic E-state index is 12.2. The quantitative estimate of drug-likeness (QED) is 0.839. The van der Waals surface area contributed by atoms with Gasteiger partial charge in [-0.25, -0.2) is 0 Å². The van der Waals surface area contributed by atoms with Crippen LogP contribution in [0.5, 0.6) is 0 Å². The van der Waals surface area contributed by atoms with Gasteiger partial charge in [0.2, 0.25) is 0 Å². The summed E-state index contributed by atoms with van der Waals surface area (Å²) in [5.74, 6) is -0.0698. The van der Waals surface area contributed by atoms with Crippen LogP contribution >= 0.6 is 27.5 Å². The van der Waals surface area contributed by atoms with Crippen LogP contribution < -0.4 is 5.32 Å². The first-order valence-electron chi connectivity index (χ1n) is 6.18. The Hall–Kier alpha value is -1.58. The lowest BCUT2D eigenvalue weighted by molar-refractivity contribution is -0.112. The van der Waals surface area contributed by atoms with Gasteiger partial charge in [0.15, 0.2) is 0 Å². The molecule has 2 aromatic carbocycles. The van der Waals surface area contributed by atoms with E-state index in [1.165, 1.54) is 5.56 Å². The van der Waals surface area contributed by atoms with E-state index in [0.29, 0.717) is 11.4 Å². The minimum absolute atomic E-state index is 0.0698. The van der Waals surface area contributed by atoms with Gasteiger partial charge in [0.1, 0.15) is 0 Å². The van der Waals surface area contributed by atoms with Crippen molar-refractivity contribution in [2.24, 2.45) is 0 Å². The van der Waals surface area contributed by atoms with Gasteiger partial charge in [-0.3, -0.25) is 4.79 Å². The molecule has 1 aliphatic carbocycles. The number of carbonyl (C=O) groups is 1. The van der Waals surface area contributed by atoms with E-state index in [1.54, 1.807) is 24.3 Å². The minimum Gasteiger partial charge on any atom is -0.322 e. The van der Waals surface area contributed by atoms with E-state index in [0.717, 1.165) is 21.3 Å². The molecule has 0 unspecified atom stereocenters. The van der Waals surface area contributed by atoms with Crippen LogP contribution in [0.4, 0.5) is 5.69 Å². The third kappa shape index (κ3) is 2.79. The fourth-order valence-corrected chi connectivity index (χ4v) is 2.74. The van der Waals surface area contributed by atoms with Gasteiger partial charge in [0.05, 0.1) is 0 Å². The summed E-state index contributed by atoms with van der Waals surface area (Å²) < 4.78 is 1.03. The normalized spacial score (nSPS) is 12.8. The summed E-state index contributed by atoms with van der Waals surface area (Å²) in [5.41, 5.74) is 3.79. The molecular formula is C16H11BrClNO. The molecule has 0 spiro atoms. The predicted molar refractivity (Wildman–Crippen MR) is 85.9 cm³/mol. The second-order valence-corrected chi connectivity index (χ2v) is 6.00. The van der Waals surface area contributed by atoms with E-state index < -0.39 is 0 Å². The summed E-state index contributed by atoms with van der Waals surface area (Å²) in [7, 11) is 0. The highest BCUT2D eigenvalue weighted by molar-refractivity contribution is 9.10. The molecule has 0 bridgehead atoms. The van der Waals surface area contributed by atoms with E-state index in [4.69, 9.17) is 11.6 Å². The van der Waals surface area contributed by atoms with E-state index in [-0.39, 0.29) is 5.91 Å². The highest BCUT2D eigenvalue weighted by atomic mass is 79.9. The molecule has 20 heavy (non-hydrogen) atoms. The number of carbonyl (C=O) groups excluding carboxylic acids is 1. The standard InChI is InChI=1S/C16H11BrClNO/c17-13-2-1-10-7-12(8-11(10)9-13)16(20)19-15-5-3-14(18)4-6-15/h1-7,9H,8H2,(H,19,20). The first kappa shape index (κ1) is 13.4. The molecule has 2 nitrogen and oxygen atoms in total. The minimum atomic E-state index is -0.0698. The average molecular weight is 349 g/mol. The number of fused-ring (bicyclic) bond motifs is 1. The zero-order valence-electron chi connectivity index (χ0n) is 10.5. The second-order valence-electron chi connectivity index (χ2n) is 4.65. The number of halogens is 2. The van der Waals surface area contributed by atoms with Crippen molar-refractivity contribution in [3.63, 3.8) is 0 Å².